The lowest BCUT2D eigenvalue weighted by molar-refractivity contribution is -0.130. The van der Waals surface area contributed by atoms with Gasteiger partial charge in [0.1, 0.15) is 5.76 Å². The molecule has 2 saturated heterocycles. The normalized spacial score (nSPS) is 25.7. The monoisotopic (exact) mass is 328 g/mol. The van der Waals surface area contributed by atoms with E-state index in [0.29, 0.717) is 56.9 Å². The van der Waals surface area contributed by atoms with E-state index in [1.54, 1.807) is 18.5 Å². The van der Waals surface area contributed by atoms with Crippen LogP contribution in [0.25, 0.3) is 0 Å². The lowest BCUT2D eigenvalue weighted by Gasteiger charge is -2.26. The van der Waals surface area contributed by atoms with Gasteiger partial charge in [0.05, 0.1) is 37.9 Å². The molecule has 0 bridgehead atoms. The highest BCUT2D eigenvalue weighted by Crippen LogP contribution is 2.41. The summed E-state index contributed by atoms with van der Waals surface area (Å²) in [6.07, 6.45) is 3.61. The molecule has 4 rings (SSSR count). The third-order valence-corrected chi connectivity index (χ3v) is 4.92. The van der Waals surface area contributed by atoms with E-state index in [2.05, 4.69) is 4.98 Å². The van der Waals surface area contributed by atoms with Crippen molar-refractivity contribution in [2.75, 3.05) is 32.9 Å². The van der Waals surface area contributed by atoms with Crippen molar-refractivity contribution < 1.29 is 18.7 Å². The summed E-state index contributed by atoms with van der Waals surface area (Å²) in [7, 11) is 0. The van der Waals surface area contributed by atoms with Gasteiger partial charge in [0, 0.05) is 31.3 Å². The second-order valence-corrected chi connectivity index (χ2v) is 6.56. The third kappa shape index (κ3) is 2.89. The zero-order chi connectivity index (χ0) is 16.4. The molecule has 2 atom stereocenters. The molecule has 0 aromatic carbocycles. The van der Waals surface area contributed by atoms with Crippen molar-refractivity contribution in [1.82, 2.24) is 9.88 Å². The highest BCUT2D eigenvalue weighted by Gasteiger charge is 2.52. The van der Waals surface area contributed by atoms with Crippen molar-refractivity contribution in [2.24, 2.45) is 11.3 Å². The van der Waals surface area contributed by atoms with Gasteiger partial charge in [-0.3, -0.25) is 4.79 Å². The Labute approximate surface area is 140 Å². The van der Waals surface area contributed by atoms with Crippen LogP contribution >= 0.6 is 0 Å². The molecular formula is C18H20N2O4. The zero-order valence-electron chi connectivity index (χ0n) is 13.4. The molecule has 2 aliphatic rings. The number of pyridine rings is 1. The zero-order valence-corrected chi connectivity index (χ0v) is 13.4. The van der Waals surface area contributed by atoms with E-state index >= 15 is 0 Å². The molecule has 0 N–H and O–H groups in total. The second-order valence-electron chi connectivity index (χ2n) is 6.56. The first-order valence-electron chi connectivity index (χ1n) is 8.17. The Balaban J connectivity index is 1.42. The minimum atomic E-state index is -0.143. The summed E-state index contributed by atoms with van der Waals surface area (Å²) >= 11 is 0. The molecule has 24 heavy (non-hydrogen) atoms. The highest BCUT2D eigenvalue weighted by molar-refractivity contribution is 5.78. The summed E-state index contributed by atoms with van der Waals surface area (Å²) in [4.78, 5) is 18.6. The number of hydrogen-bond donors (Lipinski definition) is 0. The SMILES string of the molecule is O=C(Cc1ccco1)N1C[C@@H]2COC[C@]2(COc2ccccn2)C1. The minimum absolute atomic E-state index is 0.0940. The van der Waals surface area contributed by atoms with Gasteiger partial charge in [0.15, 0.2) is 0 Å². The summed E-state index contributed by atoms with van der Waals surface area (Å²) in [5, 5.41) is 0. The van der Waals surface area contributed by atoms with E-state index in [9.17, 15) is 4.79 Å². The first-order valence-corrected chi connectivity index (χ1v) is 8.17. The number of likely N-dealkylation sites (tertiary alicyclic amines) is 1. The van der Waals surface area contributed by atoms with Crippen LogP contribution < -0.4 is 4.74 Å². The number of carbonyl (C=O) groups is 1. The maximum Gasteiger partial charge on any atom is 0.230 e. The Morgan fingerprint density at radius 1 is 1.38 bits per heavy atom. The first kappa shape index (κ1) is 15.2. The fraction of sp³-hybridized carbons (Fsp3) is 0.444. The van der Waals surface area contributed by atoms with Crippen molar-refractivity contribution in [3.63, 3.8) is 0 Å². The van der Waals surface area contributed by atoms with E-state index in [1.165, 1.54) is 0 Å². The molecule has 2 fully saturated rings. The average molecular weight is 328 g/mol. The van der Waals surface area contributed by atoms with Gasteiger partial charge in [-0.15, -0.1) is 0 Å². The van der Waals surface area contributed by atoms with Gasteiger partial charge in [-0.1, -0.05) is 6.07 Å². The molecular weight excluding hydrogens is 308 g/mol. The average Bonchev–Trinajstić information content (AvgIpc) is 3.29. The molecule has 0 spiro atoms. The lowest BCUT2D eigenvalue weighted by Crippen LogP contribution is -2.38. The number of rotatable bonds is 5. The molecule has 0 saturated carbocycles. The molecule has 0 unspecified atom stereocenters. The quantitative estimate of drug-likeness (QED) is 0.837. The van der Waals surface area contributed by atoms with Crippen LogP contribution in [0.4, 0.5) is 0 Å². The van der Waals surface area contributed by atoms with Crippen LogP contribution in [-0.4, -0.2) is 48.7 Å². The Hall–Kier alpha value is -2.34. The summed E-state index contributed by atoms with van der Waals surface area (Å²) < 4.78 is 16.8. The molecule has 2 aromatic heterocycles. The van der Waals surface area contributed by atoms with E-state index < -0.39 is 0 Å². The number of furan rings is 1. The second kappa shape index (κ2) is 6.28. The van der Waals surface area contributed by atoms with E-state index in [-0.39, 0.29) is 11.3 Å². The van der Waals surface area contributed by atoms with E-state index in [1.807, 2.05) is 29.2 Å². The van der Waals surface area contributed by atoms with Crippen molar-refractivity contribution in [2.45, 2.75) is 6.42 Å². The molecule has 4 heterocycles. The topological polar surface area (TPSA) is 64.8 Å². The standard InChI is InChI=1S/C18H20N2O4/c21-17(8-15-4-3-7-23-15)20-9-14-10-22-12-18(14,11-20)13-24-16-5-1-2-6-19-16/h1-7,14H,8-13H2/t14-,18+/m1/s1. The minimum Gasteiger partial charge on any atom is -0.477 e. The van der Waals surface area contributed by atoms with Gasteiger partial charge in [-0.05, 0) is 18.2 Å². The Morgan fingerprint density at radius 3 is 3.12 bits per heavy atom. The molecule has 2 aromatic rings. The fourth-order valence-corrected chi connectivity index (χ4v) is 3.55. The van der Waals surface area contributed by atoms with Gasteiger partial charge in [-0.25, -0.2) is 4.98 Å². The third-order valence-electron chi connectivity index (χ3n) is 4.92. The van der Waals surface area contributed by atoms with Gasteiger partial charge >= 0.3 is 0 Å². The van der Waals surface area contributed by atoms with Gasteiger partial charge in [0.2, 0.25) is 11.8 Å². The van der Waals surface area contributed by atoms with Crippen LogP contribution in [0.3, 0.4) is 0 Å². The largest absolute Gasteiger partial charge is 0.477 e. The predicted molar refractivity (Wildman–Crippen MR) is 85.5 cm³/mol. The van der Waals surface area contributed by atoms with Crippen LogP contribution in [0.2, 0.25) is 0 Å². The van der Waals surface area contributed by atoms with Crippen molar-refractivity contribution in [1.29, 1.82) is 0 Å². The van der Waals surface area contributed by atoms with Crippen molar-refractivity contribution in [3.8, 4) is 5.88 Å². The fourth-order valence-electron chi connectivity index (χ4n) is 3.55. The summed E-state index contributed by atoms with van der Waals surface area (Å²) in [5.41, 5.74) is -0.143. The number of nitrogens with zero attached hydrogens (tertiary/aromatic N) is 2. The molecule has 0 radical (unpaired) electrons. The number of amides is 1. The van der Waals surface area contributed by atoms with Crippen LogP contribution in [-0.2, 0) is 16.0 Å². The molecule has 6 nitrogen and oxygen atoms in total. The Bertz CT molecular complexity index is 688. The van der Waals surface area contributed by atoms with Crippen molar-refractivity contribution >= 4 is 5.91 Å². The van der Waals surface area contributed by atoms with Crippen molar-refractivity contribution in [3.05, 3.63) is 48.6 Å². The van der Waals surface area contributed by atoms with Gasteiger partial charge in [0.25, 0.3) is 0 Å². The summed E-state index contributed by atoms with van der Waals surface area (Å²) in [6.45, 7) is 3.18. The smallest absolute Gasteiger partial charge is 0.230 e. The van der Waals surface area contributed by atoms with Crippen LogP contribution in [0, 0.1) is 11.3 Å². The molecule has 1 amide bonds. The number of fused-ring (bicyclic) bond motifs is 1. The van der Waals surface area contributed by atoms with Crippen LogP contribution in [0.5, 0.6) is 5.88 Å². The van der Waals surface area contributed by atoms with Gasteiger partial charge in [-0.2, -0.15) is 0 Å². The molecule has 0 aliphatic carbocycles. The van der Waals surface area contributed by atoms with Crippen LogP contribution in [0.15, 0.2) is 47.2 Å². The Kier molecular flexibility index (Phi) is 3.98. The highest BCUT2D eigenvalue weighted by atomic mass is 16.5. The molecule has 126 valence electrons. The maximum atomic E-state index is 12.5. The lowest BCUT2D eigenvalue weighted by atomic mass is 9.82. The summed E-state index contributed by atoms with van der Waals surface area (Å²) in [5.74, 6) is 1.71. The number of hydrogen-bond acceptors (Lipinski definition) is 5. The number of ether oxygens (including phenoxy) is 2. The van der Waals surface area contributed by atoms with E-state index in [0.717, 1.165) is 0 Å². The summed E-state index contributed by atoms with van der Waals surface area (Å²) in [6, 6.07) is 9.24. The Morgan fingerprint density at radius 2 is 2.33 bits per heavy atom. The molecule has 2 aliphatic heterocycles. The van der Waals surface area contributed by atoms with Crippen LogP contribution in [0.1, 0.15) is 5.76 Å². The first-order chi connectivity index (χ1) is 11.8. The maximum absolute atomic E-state index is 12.5. The molecule has 6 heteroatoms. The number of carbonyl (C=O) groups excluding carboxylic acids is 1. The predicted octanol–water partition coefficient (Wildman–Crippen LogP) is 1.77. The number of aromatic nitrogens is 1. The van der Waals surface area contributed by atoms with E-state index in [4.69, 9.17) is 13.9 Å². The van der Waals surface area contributed by atoms with Gasteiger partial charge < -0.3 is 18.8 Å².